The molecular weight excluding hydrogens is 788 g/mol. The van der Waals surface area contributed by atoms with E-state index in [1.165, 1.54) is 70.8 Å². The zero-order valence-electron chi connectivity index (χ0n) is 35.3. The topological polar surface area (TPSA) is 6.48 Å². The van der Waals surface area contributed by atoms with Gasteiger partial charge in [0.1, 0.15) is 0 Å². The second-order valence-electron chi connectivity index (χ2n) is 16.8. The average Bonchev–Trinajstić information content (AvgIpc) is 3.38. The highest BCUT2D eigenvalue weighted by Gasteiger charge is 2.53. The highest BCUT2D eigenvalue weighted by Crippen LogP contribution is 2.42. The maximum atomic E-state index is 2.58. The van der Waals surface area contributed by atoms with Crippen LogP contribution in [0.15, 0.2) is 261 Å². The van der Waals surface area contributed by atoms with Gasteiger partial charge >= 0.3 is 0 Å². The molecule has 0 atom stereocenters. The molecule has 0 bridgehead atoms. The molecule has 0 amide bonds. The molecule has 0 saturated heterocycles. The van der Waals surface area contributed by atoms with E-state index in [4.69, 9.17) is 0 Å². The van der Waals surface area contributed by atoms with Gasteiger partial charge in [0, 0.05) is 34.1 Å². The smallest absolute Gasteiger partial charge is 0.246 e. The van der Waals surface area contributed by atoms with Crippen molar-refractivity contribution >= 4 is 86.0 Å². The van der Waals surface area contributed by atoms with Crippen molar-refractivity contribution < 1.29 is 0 Å². The second kappa shape index (κ2) is 15.8. The predicted octanol–water partition coefficient (Wildman–Crippen LogP) is 10.5. The molecule has 0 fully saturated rings. The van der Waals surface area contributed by atoms with Gasteiger partial charge in [-0.25, -0.2) is 0 Å². The van der Waals surface area contributed by atoms with Crippen molar-refractivity contribution in [2.24, 2.45) is 0 Å². The molecule has 2 aliphatic rings. The fraction of sp³-hybridized carbons (Fsp3) is 0. The molecule has 10 aromatic carbocycles. The van der Waals surface area contributed by atoms with Crippen LogP contribution in [0, 0.1) is 0 Å². The van der Waals surface area contributed by atoms with Crippen LogP contribution in [0.4, 0.5) is 34.1 Å². The van der Waals surface area contributed by atoms with Crippen molar-refractivity contribution in [3.05, 3.63) is 261 Å². The van der Waals surface area contributed by atoms with E-state index in [-0.39, 0.29) is 6.71 Å². The molecule has 0 aromatic heterocycles. The highest BCUT2D eigenvalue weighted by molar-refractivity contribution is 7.26. The summed E-state index contributed by atoms with van der Waals surface area (Å²) in [5, 5.41) is 5.66. The number of rotatable bonds is 8. The summed E-state index contributed by atoms with van der Waals surface area (Å²) in [5.74, 6) is 0. The standard InChI is InChI=1S/C60H43BN2Si/c1-7-21-44(22-8-1)46-35-37-50(38-36-46)63-56-40-39-51(62(48-25-11-3-12-26-48)49-27-13-4-14-28-49)43-55(56)61-54-33-19-20-34-58(54)64(52-29-15-5-16-30-52,53-31-17-6-18-32-53)59-42-47(41-57(63)60(59)61)45-23-9-2-10-24-45/h1-43H. The Morgan fingerprint density at radius 3 is 1.39 bits per heavy atom. The molecule has 0 radical (unpaired) electrons. The molecule has 4 heteroatoms. The van der Waals surface area contributed by atoms with E-state index < -0.39 is 8.07 Å². The Kier molecular flexibility index (Phi) is 9.32. The van der Waals surface area contributed by atoms with Crippen LogP contribution in [0.3, 0.4) is 0 Å². The Labute approximate surface area is 377 Å². The van der Waals surface area contributed by atoms with E-state index >= 15 is 0 Å². The minimum atomic E-state index is -2.98. The van der Waals surface area contributed by atoms with Crippen molar-refractivity contribution in [3.8, 4) is 22.3 Å². The molecule has 12 rings (SSSR count). The fourth-order valence-electron chi connectivity index (χ4n) is 10.7. The number of hydrogen-bond donors (Lipinski definition) is 0. The summed E-state index contributed by atoms with van der Waals surface area (Å²) in [6.45, 7) is -0.0257. The first-order valence-electron chi connectivity index (χ1n) is 22.2. The summed E-state index contributed by atoms with van der Waals surface area (Å²) in [6, 6.07) is 96.9. The fourth-order valence-corrected chi connectivity index (χ4v) is 16.0. The van der Waals surface area contributed by atoms with Crippen molar-refractivity contribution in [3.63, 3.8) is 0 Å². The lowest BCUT2D eigenvalue weighted by Crippen LogP contribution is -2.87. The van der Waals surface area contributed by atoms with Gasteiger partial charge in [0.15, 0.2) is 8.07 Å². The summed E-state index contributed by atoms with van der Waals surface area (Å²) in [6.07, 6.45) is 0. The summed E-state index contributed by atoms with van der Waals surface area (Å²) in [7, 11) is -2.98. The normalized spacial score (nSPS) is 13.1. The van der Waals surface area contributed by atoms with E-state index in [0.717, 1.165) is 22.7 Å². The Balaban J connectivity index is 1.20. The van der Waals surface area contributed by atoms with Crippen LogP contribution in [-0.4, -0.2) is 14.8 Å². The van der Waals surface area contributed by atoms with Crippen LogP contribution in [0.25, 0.3) is 22.3 Å². The number of hydrogen-bond acceptors (Lipinski definition) is 2. The summed E-state index contributed by atoms with van der Waals surface area (Å²) in [5.41, 5.74) is 15.8. The molecule has 64 heavy (non-hydrogen) atoms. The number of nitrogens with zero attached hydrogens (tertiary/aromatic N) is 2. The van der Waals surface area contributed by atoms with E-state index in [1.807, 2.05) is 0 Å². The van der Waals surface area contributed by atoms with E-state index in [1.54, 1.807) is 0 Å². The Bertz CT molecular complexity index is 3180. The third-order valence-electron chi connectivity index (χ3n) is 13.4. The van der Waals surface area contributed by atoms with Crippen molar-refractivity contribution in [1.82, 2.24) is 0 Å². The average molecular weight is 831 g/mol. The van der Waals surface area contributed by atoms with Gasteiger partial charge in [0.2, 0.25) is 6.71 Å². The lowest BCUT2D eigenvalue weighted by Gasteiger charge is -2.48. The molecule has 0 spiro atoms. The van der Waals surface area contributed by atoms with Crippen LogP contribution in [0.1, 0.15) is 0 Å². The van der Waals surface area contributed by atoms with Crippen LogP contribution in [-0.2, 0) is 0 Å². The molecule has 2 nitrogen and oxygen atoms in total. The Morgan fingerprint density at radius 1 is 0.328 bits per heavy atom. The maximum Gasteiger partial charge on any atom is 0.246 e. The number of para-hydroxylation sites is 2. The minimum Gasteiger partial charge on any atom is -0.312 e. The van der Waals surface area contributed by atoms with Crippen LogP contribution in [0.2, 0.25) is 0 Å². The first kappa shape index (κ1) is 37.8. The number of fused-ring (bicyclic) bond motifs is 4. The monoisotopic (exact) mass is 830 g/mol. The van der Waals surface area contributed by atoms with Gasteiger partial charge in [-0.15, -0.1) is 0 Å². The van der Waals surface area contributed by atoms with Gasteiger partial charge in [0.25, 0.3) is 0 Å². The zero-order chi connectivity index (χ0) is 42.5. The molecule has 0 unspecified atom stereocenters. The quantitative estimate of drug-likeness (QED) is 0.141. The first-order valence-corrected chi connectivity index (χ1v) is 24.2. The second-order valence-corrected chi connectivity index (χ2v) is 20.6. The van der Waals surface area contributed by atoms with Gasteiger partial charge < -0.3 is 9.80 Å². The lowest BCUT2D eigenvalue weighted by atomic mass is 9.34. The summed E-state index contributed by atoms with van der Waals surface area (Å²) < 4.78 is 0. The van der Waals surface area contributed by atoms with Gasteiger partial charge in [-0.2, -0.15) is 0 Å². The van der Waals surface area contributed by atoms with Crippen molar-refractivity contribution in [1.29, 1.82) is 0 Å². The SMILES string of the molecule is c1ccc(-c2ccc(N3c4ccc(N(c5ccccc5)c5ccccc5)cc4B4c5ccccc5[Si](c5ccccc5)(c5ccccc5)c5cc(-c6ccccc6)cc3c54)cc2)cc1. The molecule has 2 aliphatic heterocycles. The molecule has 10 aromatic rings. The third kappa shape index (κ3) is 6.10. The molecule has 0 N–H and O–H groups in total. The Hall–Kier alpha value is -7.92. The molecular formula is C60H43BN2Si. The van der Waals surface area contributed by atoms with Gasteiger partial charge in [-0.05, 0) is 115 Å². The predicted molar refractivity (Wildman–Crippen MR) is 275 cm³/mol. The van der Waals surface area contributed by atoms with Gasteiger partial charge in [-0.1, -0.05) is 206 Å². The molecule has 2 heterocycles. The van der Waals surface area contributed by atoms with E-state index in [9.17, 15) is 0 Å². The molecule has 0 aliphatic carbocycles. The summed E-state index contributed by atoms with van der Waals surface area (Å²) >= 11 is 0. The van der Waals surface area contributed by atoms with Crippen molar-refractivity contribution in [2.75, 3.05) is 9.80 Å². The van der Waals surface area contributed by atoms with Gasteiger partial charge in [0.05, 0.1) is 0 Å². The number of anilines is 6. The third-order valence-corrected chi connectivity index (χ3v) is 18.3. The minimum absolute atomic E-state index is 0.0257. The van der Waals surface area contributed by atoms with Crippen molar-refractivity contribution in [2.45, 2.75) is 0 Å². The molecule has 300 valence electrons. The van der Waals surface area contributed by atoms with E-state index in [2.05, 4.69) is 271 Å². The van der Waals surface area contributed by atoms with E-state index in [0.29, 0.717) is 0 Å². The highest BCUT2D eigenvalue weighted by atomic mass is 28.3. The van der Waals surface area contributed by atoms with Crippen LogP contribution >= 0.6 is 0 Å². The maximum absolute atomic E-state index is 2.98. The van der Waals surface area contributed by atoms with Crippen LogP contribution in [0.5, 0.6) is 0 Å². The van der Waals surface area contributed by atoms with Gasteiger partial charge in [-0.3, -0.25) is 0 Å². The largest absolute Gasteiger partial charge is 0.312 e. The lowest BCUT2D eigenvalue weighted by molar-refractivity contribution is 1.26. The number of benzene rings is 10. The first-order chi connectivity index (χ1) is 31.8. The van der Waals surface area contributed by atoms with Crippen LogP contribution < -0.4 is 46.9 Å². The zero-order valence-corrected chi connectivity index (χ0v) is 36.3. The molecule has 0 saturated carbocycles. The Morgan fingerprint density at radius 2 is 0.812 bits per heavy atom. The summed E-state index contributed by atoms with van der Waals surface area (Å²) in [4.78, 5) is 4.96.